The number of anilines is 1. The molecule has 20 heavy (non-hydrogen) atoms. The molecule has 1 rings (SSSR count). The van der Waals surface area contributed by atoms with Crippen LogP contribution in [0.4, 0.5) is 5.69 Å². The molecule has 1 unspecified atom stereocenters. The molecule has 1 aromatic rings. The van der Waals surface area contributed by atoms with Gasteiger partial charge in [0.05, 0.1) is 17.6 Å². The van der Waals surface area contributed by atoms with E-state index in [0.29, 0.717) is 0 Å². The average Bonchev–Trinajstić information content (AvgIpc) is 2.43. The molecule has 0 bridgehead atoms. The van der Waals surface area contributed by atoms with E-state index in [-0.39, 0.29) is 35.2 Å². The third kappa shape index (κ3) is 3.92. The lowest BCUT2D eigenvalue weighted by molar-refractivity contribution is 0.0596. The lowest BCUT2D eigenvalue weighted by atomic mass is 10.2. The molecule has 0 heterocycles. The van der Waals surface area contributed by atoms with Gasteiger partial charge in [-0.3, -0.25) is 0 Å². The number of carbonyl (C=O) groups excluding carboxylic acids is 1. The van der Waals surface area contributed by atoms with E-state index < -0.39 is 16.0 Å². The average molecular weight is 302 g/mol. The lowest BCUT2D eigenvalue weighted by Crippen LogP contribution is -2.30. The maximum atomic E-state index is 12.2. The van der Waals surface area contributed by atoms with Gasteiger partial charge in [0.2, 0.25) is 10.0 Å². The smallest absolute Gasteiger partial charge is 0.339 e. The van der Waals surface area contributed by atoms with Gasteiger partial charge in [0.1, 0.15) is 0 Å². The number of hydrogen-bond acceptors (Lipinski definition) is 6. The number of nitrogen functional groups attached to an aromatic ring is 1. The molecule has 0 radical (unpaired) electrons. The molecule has 1 aromatic carbocycles. The highest BCUT2D eigenvalue weighted by atomic mass is 32.2. The Hall–Kier alpha value is -1.64. The van der Waals surface area contributed by atoms with Crippen molar-refractivity contribution in [2.75, 3.05) is 26.0 Å². The van der Waals surface area contributed by atoms with E-state index in [1.54, 1.807) is 6.92 Å². The van der Waals surface area contributed by atoms with Crippen LogP contribution in [0.5, 0.6) is 0 Å². The summed E-state index contributed by atoms with van der Waals surface area (Å²) in [7, 11) is -2.73. The van der Waals surface area contributed by atoms with Crippen molar-refractivity contribution >= 4 is 21.7 Å². The number of sulfonamides is 1. The number of rotatable bonds is 6. The van der Waals surface area contributed by atoms with Crippen LogP contribution in [-0.2, 0) is 14.8 Å². The summed E-state index contributed by atoms with van der Waals surface area (Å²) in [6.45, 7) is 1.60. The van der Waals surface area contributed by atoms with Crippen molar-refractivity contribution in [2.45, 2.75) is 11.8 Å². The maximum Gasteiger partial charge on any atom is 0.339 e. The molecule has 0 aromatic heterocycles. The molecular formula is C12H18N2O5S. The predicted molar refractivity (Wildman–Crippen MR) is 73.6 cm³/mol. The van der Waals surface area contributed by atoms with Crippen LogP contribution in [-0.4, -0.2) is 39.8 Å². The molecule has 8 heteroatoms. The van der Waals surface area contributed by atoms with Gasteiger partial charge in [-0.1, -0.05) is 6.92 Å². The second-order valence-electron chi connectivity index (χ2n) is 4.39. The van der Waals surface area contributed by atoms with Crippen LogP contribution in [0.3, 0.4) is 0 Å². The van der Waals surface area contributed by atoms with Crippen LogP contribution in [0, 0.1) is 5.92 Å². The number of carbonyl (C=O) groups is 1. The highest BCUT2D eigenvalue weighted by molar-refractivity contribution is 7.89. The van der Waals surface area contributed by atoms with Crippen molar-refractivity contribution in [2.24, 2.45) is 5.92 Å². The fourth-order valence-corrected chi connectivity index (χ4v) is 2.78. The number of ether oxygens (including phenoxy) is 1. The van der Waals surface area contributed by atoms with E-state index >= 15 is 0 Å². The van der Waals surface area contributed by atoms with Gasteiger partial charge in [0.15, 0.2) is 0 Å². The van der Waals surface area contributed by atoms with Gasteiger partial charge in [0, 0.05) is 18.8 Å². The molecule has 112 valence electrons. The van der Waals surface area contributed by atoms with Crippen molar-refractivity contribution in [3.63, 3.8) is 0 Å². The number of nitrogens with one attached hydrogen (secondary N) is 1. The van der Waals surface area contributed by atoms with E-state index in [1.165, 1.54) is 18.2 Å². The molecule has 0 spiro atoms. The van der Waals surface area contributed by atoms with Crippen molar-refractivity contribution in [1.82, 2.24) is 4.72 Å². The first-order chi connectivity index (χ1) is 9.31. The van der Waals surface area contributed by atoms with E-state index in [9.17, 15) is 13.2 Å². The lowest BCUT2D eigenvalue weighted by Gasteiger charge is -2.13. The first-order valence-corrected chi connectivity index (χ1v) is 7.38. The zero-order valence-corrected chi connectivity index (χ0v) is 12.1. The minimum absolute atomic E-state index is 0.0593. The van der Waals surface area contributed by atoms with Gasteiger partial charge in [-0.15, -0.1) is 0 Å². The highest BCUT2D eigenvalue weighted by Crippen LogP contribution is 2.19. The third-order valence-electron chi connectivity index (χ3n) is 2.63. The van der Waals surface area contributed by atoms with Crippen LogP contribution in [0.25, 0.3) is 0 Å². The van der Waals surface area contributed by atoms with Crippen LogP contribution in [0.1, 0.15) is 17.3 Å². The quantitative estimate of drug-likeness (QED) is 0.501. The first kappa shape index (κ1) is 16.4. The Labute approximate surface area is 117 Å². The number of aliphatic hydroxyl groups excluding tert-OH is 1. The van der Waals surface area contributed by atoms with Crippen molar-refractivity contribution in [3.05, 3.63) is 23.8 Å². The molecule has 0 aliphatic heterocycles. The van der Waals surface area contributed by atoms with Crippen molar-refractivity contribution < 1.29 is 23.1 Å². The Balaban J connectivity index is 3.14. The highest BCUT2D eigenvalue weighted by Gasteiger charge is 2.23. The normalized spacial score (nSPS) is 12.9. The van der Waals surface area contributed by atoms with Crippen molar-refractivity contribution in [3.8, 4) is 0 Å². The summed E-state index contributed by atoms with van der Waals surface area (Å²) in [6, 6.07) is 3.87. The molecular weight excluding hydrogens is 284 g/mol. The number of esters is 1. The number of methoxy groups -OCH3 is 1. The van der Waals surface area contributed by atoms with E-state index in [2.05, 4.69) is 9.46 Å². The van der Waals surface area contributed by atoms with E-state index in [1.807, 2.05) is 0 Å². The second-order valence-corrected chi connectivity index (χ2v) is 6.12. The molecule has 1 atom stereocenters. The van der Waals surface area contributed by atoms with Crippen LogP contribution < -0.4 is 10.5 Å². The summed E-state index contributed by atoms with van der Waals surface area (Å²) in [6.07, 6.45) is 0. The summed E-state index contributed by atoms with van der Waals surface area (Å²) in [4.78, 5) is 11.4. The number of aliphatic hydroxyl groups is 1. The summed E-state index contributed by atoms with van der Waals surface area (Å²) >= 11 is 0. The molecule has 0 saturated carbocycles. The Morgan fingerprint density at radius 1 is 1.50 bits per heavy atom. The molecule has 0 fully saturated rings. The van der Waals surface area contributed by atoms with E-state index in [0.717, 1.165) is 7.11 Å². The Kier molecular flexibility index (Phi) is 5.49. The van der Waals surface area contributed by atoms with Gasteiger partial charge < -0.3 is 15.6 Å². The molecule has 0 aliphatic carbocycles. The molecule has 0 amide bonds. The fourth-order valence-electron chi connectivity index (χ4n) is 1.45. The van der Waals surface area contributed by atoms with E-state index in [4.69, 9.17) is 10.8 Å². The zero-order chi connectivity index (χ0) is 15.3. The molecule has 0 saturated heterocycles. The fraction of sp³-hybridized carbons (Fsp3) is 0.417. The molecule has 7 nitrogen and oxygen atoms in total. The SMILES string of the molecule is COC(=O)c1cc(N)ccc1S(=O)(=O)NCC(C)CO. The maximum absolute atomic E-state index is 12.2. The molecule has 4 N–H and O–H groups in total. The van der Waals surface area contributed by atoms with Crippen LogP contribution in [0.15, 0.2) is 23.1 Å². The second kappa shape index (κ2) is 6.69. The van der Waals surface area contributed by atoms with Gasteiger partial charge >= 0.3 is 5.97 Å². The monoisotopic (exact) mass is 302 g/mol. The van der Waals surface area contributed by atoms with Gasteiger partial charge in [0.25, 0.3) is 0 Å². The van der Waals surface area contributed by atoms with Gasteiger partial charge in [-0.25, -0.2) is 17.9 Å². The zero-order valence-electron chi connectivity index (χ0n) is 11.3. The van der Waals surface area contributed by atoms with Gasteiger partial charge in [-0.2, -0.15) is 0 Å². The van der Waals surface area contributed by atoms with Crippen LogP contribution in [0.2, 0.25) is 0 Å². The topological polar surface area (TPSA) is 119 Å². The number of nitrogens with two attached hydrogens (primary N) is 1. The third-order valence-corrected chi connectivity index (χ3v) is 4.11. The summed E-state index contributed by atoms with van der Waals surface area (Å²) < 4.78 is 31.2. The first-order valence-electron chi connectivity index (χ1n) is 5.90. The Morgan fingerprint density at radius 3 is 2.70 bits per heavy atom. The minimum Gasteiger partial charge on any atom is -0.465 e. The Morgan fingerprint density at radius 2 is 2.15 bits per heavy atom. The Bertz CT molecular complexity index is 586. The number of benzene rings is 1. The summed E-state index contributed by atoms with van der Waals surface area (Å²) in [5, 5.41) is 8.89. The minimum atomic E-state index is -3.89. The predicted octanol–water partition coefficient (Wildman–Crippen LogP) is -0.0379. The largest absolute Gasteiger partial charge is 0.465 e. The summed E-state index contributed by atoms with van der Waals surface area (Å²) in [5.74, 6) is -1.02. The van der Waals surface area contributed by atoms with Gasteiger partial charge in [-0.05, 0) is 24.1 Å². The van der Waals surface area contributed by atoms with Crippen molar-refractivity contribution in [1.29, 1.82) is 0 Å². The summed E-state index contributed by atoms with van der Waals surface area (Å²) in [5.41, 5.74) is 5.68. The van der Waals surface area contributed by atoms with Crippen LogP contribution >= 0.6 is 0 Å². The number of hydrogen-bond donors (Lipinski definition) is 3. The standard InChI is InChI=1S/C12H18N2O5S/c1-8(7-15)6-14-20(17,18)11-4-3-9(13)5-10(11)12(16)19-2/h3-5,8,14-15H,6-7,13H2,1-2H3. The molecule has 0 aliphatic rings.